The summed E-state index contributed by atoms with van der Waals surface area (Å²) in [7, 11) is 0. The maximum Gasteiger partial charge on any atom is 0.251 e. The molecule has 1 N–H and O–H groups in total. The molecule has 0 aliphatic rings. The minimum Gasteiger partial charge on any atom is -0.381 e. The number of carbonyl (C=O) groups excluding carboxylic acids is 1. The number of aryl methyl sites for hydroxylation is 1. The number of hydrogen-bond acceptors (Lipinski definition) is 3. The number of nitrogens with zero attached hydrogens (tertiary/aromatic N) is 2. The topological polar surface area (TPSA) is 56.1 Å². The predicted octanol–water partition coefficient (Wildman–Crippen LogP) is 4.08. The largest absolute Gasteiger partial charge is 0.381 e. The van der Waals surface area contributed by atoms with Gasteiger partial charge in [0.25, 0.3) is 5.91 Å². The van der Waals surface area contributed by atoms with Gasteiger partial charge < -0.3 is 10.1 Å². The Morgan fingerprint density at radius 3 is 2.48 bits per heavy atom. The minimum atomic E-state index is -0.0773. The molecule has 0 saturated carbocycles. The number of benzene rings is 1. The lowest BCUT2D eigenvalue weighted by Gasteiger charge is -2.08. The Morgan fingerprint density at radius 1 is 1.20 bits per heavy atom. The van der Waals surface area contributed by atoms with Crippen molar-refractivity contribution in [2.24, 2.45) is 0 Å². The van der Waals surface area contributed by atoms with Crippen molar-refractivity contribution in [2.75, 3.05) is 19.8 Å². The summed E-state index contributed by atoms with van der Waals surface area (Å²) < 4.78 is 7.26. The van der Waals surface area contributed by atoms with Crippen LogP contribution in [0, 0.1) is 13.8 Å². The van der Waals surface area contributed by atoms with Crippen molar-refractivity contribution in [3.05, 3.63) is 46.2 Å². The van der Waals surface area contributed by atoms with Crippen LogP contribution in [0.1, 0.15) is 47.9 Å². The number of aromatic nitrogens is 2. The molecule has 2 rings (SSSR count). The molecule has 6 heteroatoms. The molecule has 0 bridgehead atoms. The fraction of sp³-hybridized carbons (Fsp3) is 0.474. The van der Waals surface area contributed by atoms with E-state index in [4.69, 9.17) is 16.3 Å². The van der Waals surface area contributed by atoms with Crippen LogP contribution in [0.3, 0.4) is 0 Å². The Bertz CT molecular complexity index is 695. The van der Waals surface area contributed by atoms with E-state index in [9.17, 15) is 4.79 Å². The highest BCUT2D eigenvalue weighted by atomic mass is 35.5. The molecule has 25 heavy (non-hydrogen) atoms. The molecule has 0 aliphatic carbocycles. The Hall–Kier alpha value is -1.85. The first-order valence-corrected chi connectivity index (χ1v) is 9.10. The van der Waals surface area contributed by atoms with Gasteiger partial charge in [-0.15, -0.1) is 0 Å². The standard InChI is InChI=1S/C19H26ClN3O2/c1-4-5-12-25-13-6-11-21-19(24)16-7-9-17(10-8-16)23-15(3)18(20)14(2)22-23/h7-10H,4-6,11-13H2,1-3H3,(H,21,24). The van der Waals surface area contributed by atoms with E-state index in [1.165, 1.54) is 0 Å². The van der Waals surface area contributed by atoms with Gasteiger partial charge in [0.2, 0.25) is 0 Å². The number of rotatable bonds is 9. The van der Waals surface area contributed by atoms with Gasteiger partial charge in [-0.1, -0.05) is 24.9 Å². The van der Waals surface area contributed by atoms with Gasteiger partial charge in [-0.05, 0) is 51.0 Å². The van der Waals surface area contributed by atoms with Crippen molar-refractivity contribution in [3.8, 4) is 5.69 Å². The summed E-state index contributed by atoms with van der Waals surface area (Å²) in [5.41, 5.74) is 3.19. The normalized spacial score (nSPS) is 10.9. The Morgan fingerprint density at radius 2 is 1.88 bits per heavy atom. The molecule has 1 amide bonds. The van der Waals surface area contributed by atoms with Crippen LogP contribution in [0.5, 0.6) is 0 Å². The van der Waals surface area contributed by atoms with Gasteiger partial charge in [-0.3, -0.25) is 4.79 Å². The number of unbranched alkanes of at least 4 members (excludes halogenated alkanes) is 1. The van der Waals surface area contributed by atoms with Crippen LogP contribution in [-0.4, -0.2) is 35.4 Å². The van der Waals surface area contributed by atoms with Crippen LogP contribution in [0.4, 0.5) is 0 Å². The van der Waals surface area contributed by atoms with Crippen molar-refractivity contribution in [1.82, 2.24) is 15.1 Å². The molecule has 1 heterocycles. The molecular formula is C19H26ClN3O2. The van der Waals surface area contributed by atoms with Crippen molar-refractivity contribution < 1.29 is 9.53 Å². The molecule has 0 radical (unpaired) electrons. The first-order valence-electron chi connectivity index (χ1n) is 8.72. The van der Waals surface area contributed by atoms with Crippen LogP contribution in [-0.2, 0) is 4.74 Å². The first kappa shape index (κ1) is 19.5. The summed E-state index contributed by atoms with van der Waals surface area (Å²) in [4.78, 5) is 12.2. The number of carbonyl (C=O) groups is 1. The van der Waals surface area contributed by atoms with Crippen LogP contribution in [0.15, 0.2) is 24.3 Å². The Kier molecular flexibility index (Phi) is 7.47. The van der Waals surface area contributed by atoms with E-state index in [1.54, 1.807) is 16.8 Å². The van der Waals surface area contributed by atoms with Crippen molar-refractivity contribution in [1.29, 1.82) is 0 Å². The van der Waals surface area contributed by atoms with E-state index in [0.29, 0.717) is 23.7 Å². The molecule has 2 aromatic rings. The monoisotopic (exact) mass is 363 g/mol. The summed E-state index contributed by atoms with van der Waals surface area (Å²) in [5, 5.41) is 8.00. The van der Waals surface area contributed by atoms with Crippen molar-refractivity contribution in [3.63, 3.8) is 0 Å². The van der Waals surface area contributed by atoms with E-state index >= 15 is 0 Å². The summed E-state index contributed by atoms with van der Waals surface area (Å²) in [5.74, 6) is -0.0773. The van der Waals surface area contributed by atoms with E-state index in [1.807, 2.05) is 26.0 Å². The molecule has 0 atom stereocenters. The third-order valence-corrected chi connectivity index (χ3v) is 4.52. The number of nitrogens with one attached hydrogen (secondary N) is 1. The summed E-state index contributed by atoms with van der Waals surface area (Å²) in [6.07, 6.45) is 3.04. The second kappa shape index (κ2) is 9.59. The average molecular weight is 364 g/mol. The zero-order valence-corrected chi connectivity index (χ0v) is 15.9. The Labute approximate surface area is 154 Å². The van der Waals surface area contributed by atoms with Crippen LogP contribution in [0.25, 0.3) is 5.69 Å². The number of hydrogen-bond donors (Lipinski definition) is 1. The highest BCUT2D eigenvalue weighted by Crippen LogP contribution is 2.22. The zero-order valence-electron chi connectivity index (χ0n) is 15.1. The van der Waals surface area contributed by atoms with Crippen LogP contribution >= 0.6 is 11.6 Å². The molecule has 0 saturated heterocycles. The van der Waals surface area contributed by atoms with E-state index in [0.717, 1.165) is 42.9 Å². The van der Waals surface area contributed by atoms with Crippen molar-refractivity contribution in [2.45, 2.75) is 40.0 Å². The predicted molar refractivity (Wildman–Crippen MR) is 101 cm³/mol. The maximum atomic E-state index is 12.2. The third kappa shape index (κ3) is 5.31. The molecular weight excluding hydrogens is 338 g/mol. The van der Waals surface area contributed by atoms with Gasteiger partial charge in [-0.25, -0.2) is 4.68 Å². The van der Waals surface area contributed by atoms with Gasteiger partial charge in [0.1, 0.15) is 0 Å². The Balaban J connectivity index is 1.85. The minimum absolute atomic E-state index is 0.0773. The van der Waals surface area contributed by atoms with E-state index < -0.39 is 0 Å². The average Bonchev–Trinajstić information content (AvgIpc) is 2.88. The number of amides is 1. The molecule has 0 fully saturated rings. The number of halogens is 1. The lowest BCUT2D eigenvalue weighted by Crippen LogP contribution is -2.25. The maximum absolute atomic E-state index is 12.2. The van der Waals surface area contributed by atoms with Gasteiger partial charge in [0.15, 0.2) is 0 Å². The van der Waals surface area contributed by atoms with E-state index in [-0.39, 0.29) is 5.91 Å². The van der Waals surface area contributed by atoms with Gasteiger partial charge in [0, 0.05) is 25.3 Å². The van der Waals surface area contributed by atoms with Gasteiger partial charge in [0.05, 0.1) is 22.1 Å². The second-order valence-corrected chi connectivity index (χ2v) is 6.40. The summed E-state index contributed by atoms with van der Waals surface area (Å²) in [6.45, 7) is 8.02. The molecule has 1 aromatic carbocycles. The SMILES string of the molecule is CCCCOCCCNC(=O)c1ccc(-n2nc(C)c(Cl)c2C)cc1. The fourth-order valence-corrected chi connectivity index (χ4v) is 2.57. The fourth-order valence-electron chi connectivity index (χ4n) is 2.46. The van der Waals surface area contributed by atoms with Gasteiger partial charge in [-0.2, -0.15) is 5.10 Å². The highest BCUT2D eigenvalue weighted by Gasteiger charge is 2.11. The summed E-state index contributed by atoms with van der Waals surface area (Å²) >= 11 is 6.18. The highest BCUT2D eigenvalue weighted by molar-refractivity contribution is 6.31. The van der Waals surface area contributed by atoms with Gasteiger partial charge >= 0.3 is 0 Å². The lowest BCUT2D eigenvalue weighted by atomic mass is 10.2. The molecule has 0 spiro atoms. The van der Waals surface area contributed by atoms with Crippen molar-refractivity contribution >= 4 is 17.5 Å². The molecule has 136 valence electrons. The smallest absolute Gasteiger partial charge is 0.251 e. The second-order valence-electron chi connectivity index (χ2n) is 6.02. The third-order valence-electron chi connectivity index (χ3n) is 3.97. The molecule has 0 aliphatic heterocycles. The molecule has 5 nitrogen and oxygen atoms in total. The molecule has 1 aromatic heterocycles. The summed E-state index contributed by atoms with van der Waals surface area (Å²) in [6, 6.07) is 7.34. The quantitative estimate of drug-likeness (QED) is 0.683. The zero-order chi connectivity index (χ0) is 18.2. The lowest BCUT2D eigenvalue weighted by molar-refractivity contribution is 0.0940. The number of ether oxygens (including phenoxy) is 1. The molecule has 0 unspecified atom stereocenters. The first-order chi connectivity index (χ1) is 12.0. The van der Waals surface area contributed by atoms with Crippen LogP contribution < -0.4 is 5.32 Å². The van der Waals surface area contributed by atoms with Crippen LogP contribution in [0.2, 0.25) is 5.02 Å². The van der Waals surface area contributed by atoms with E-state index in [2.05, 4.69) is 17.3 Å².